The second kappa shape index (κ2) is 7.24. The zero-order chi connectivity index (χ0) is 16.1. The second-order valence-electron chi connectivity index (χ2n) is 4.21. The average molecular weight is 386 g/mol. The number of halogens is 2. The molecule has 6 nitrogen and oxygen atoms in total. The van der Waals surface area contributed by atoms with Gasteiger partial charge in [0.1, 0.15) is 11.4 Å². The first-order valence-electron chi connectivity index (χ1n) is 6.08. The molecule has 2 aromatic carbocycles. The highest BCUT2D eigenvalue weighted by molar-refractivity contribution is 9.10. The number of carbonyl (C=O) groups excluding carboxylic acids is 1. The normalized spacial score (nSPS) is 10.1. The molecule has 0 unspecified atom stereocenters. The molecule has 2 rings (SSSR count). The summed E-state index contributed by atoms with van der Waals surface area (Å²) in [5.41, 5.74) is -0.205. The van der Waals surface area contributed by atoms with Gasteiger partial charge >= 0.3 is 0 Å². The van der Waals surface area contributed by atoms with Gasteiger partial charge in [0.25, 0.3) is 11.6 Å². The lowest BCUT2D eigenvalue weighted by Gasteiger charge is -2.08. The van der Waals surface area contributed by atoms with Crippen molar-refractivity contribution in [2.45, 2.75) is 0 Å². The Bertz CT molecular complexity index is 706. The third-order valence-electron chi connectivity index (χ3n) is 2.61. The molecular formula is C14H10BrClN2O4. The van der Waals surface area contributed by atoms with E-state index in [-0.39, 0.29) is 23.0 Å². The third-order valence-corrected chi connectivity index (χ3v) is 3.38. The lowest BCUT2D eigenvalue weighted by atomic mass is 10.2. The molecule has 0 bridgehead atoms. The molecule has 0 fully saturated rings. The van der Waals surface area contributed by atoms with Crippen molar-refractivity contribution in [2.24, 2.45) is 0 Å². The monoisotopic (exact) mass is 384 g/mol. The van der Waals surface area contributed by atoms with Crippen LogP contribution in [0.15, 0.2) is 46.9 Å². The van der Waals surface area contributed by atoms with Crippen LogP contribution in [0.3, 0.4) is 0 Å². The van der Waals surface area contributed by atoms with Crippen LogP contribution in [0.1, 0.15) is 0 Å². The van der Waals surface area contributed by atoms with Crippen LogP contribution in [0.5, 0.6) is 5.75 Å². The van der Waals surface area contributed by atoms with Crippen molar-refractivity contribution in [3.05, 3.63) is 62.1 Å². The maximum Gasteiger partial charge on any atom is 0.294 e. The molecule has 0 saturated carbocycles. The topological polar surface area (TPSA) is 81.5 Å². The number of carbonyl (C=O) groups is 1. The Kier molecular flexibility index (Phi) is 5.35. The van der Waals surface area contributed by atoms with Crippen LogP contribution in [0.2, 0.25) is 5.02 Å². The van der Waals surface area contributed by atoms with E-state index in [1.54, 1.807) is 24.3 Å². The predicted molar refractivity (Wildman–Crippen MR) is 86.4 cm³/mol. The molecule has 8 heteroatoms. The molecule has 0 aliphatic carbocycles. The highest BCUT2D eigenvalue weighted by Crippen LogP contribution is 2.27. The number of hydrogen-bond donors (Lipinski definition) is 1. The standard InChI is InChI=1S/C14H10BrClN2O4/c15-9-1-4-11(5-2-9)22-8-14(19)17-12-6-3-10(16)7-13(12)18(20)21/h1-7H,8H2,(H,17,19). The van der Waals surface area contributed by atoms with Crippen LogP contribution in [0, 0.1) is 10.1 Å². The van der Waals surface area contributed by atoms with Gasteiger partial charge in [-0.3, -0.25) is 14.9 Å². The molecule has 0 aromatic heterocycles. The molecule has 0 saturated heterocycles. The first-order valence-corrected chi connectivity index (χ1v) is 7.25. The predicted octanol–water partition coefficient (Wildman–Crippen LogP) is 4.03. The number of rotatable bonds is 5. The van der Waals surface area contributed by atoms with Crippen LogP contribution in [-0.4, -0.2) is 17.4 Å². The van der Waals surface area contributed by atoms with Crippen molar-refractivity contribution in [2.75, 3.05) is 11.9 Å². The van der Waals surface area contributed by atoms with Crippen molar-refractivity contribution in [1.29, 1.82) is 0 Å². The number of amides is 1. The largest absolute Gasteiger partial charge is 0.484 e. The fraction of sp³-hybridized carbons (Fsp3) is 0.0714. The van der Waals surface area contributed by atoms with Crippen LogP contribution in [-0.2, 0) is 4.79 Å². The lowest BCUT2D eigenvalue weighted by molar-refractivity contribution is -0.383. The van der Waals surface area contributed by atoms with E-state index < -0.39 is 10.8 Å². The molecule has 1 amide bonds. The van der Waals surface area contributed by atoms with Gasteiger partial charge in [0.15, 0.2) is 6.61 Å². The lowest BCUT2D eigenvalue weighted by Crippen LogP contribution is -2.20. The van der Waals surface area contributed by atoms with Gasteiger partial charge < -0.3 is 10.1 Å². The minimum absolute atomic E-state index is 0.0683. The quantitative estimate of drug-likeness (QED) is 0.622. The summed E-state index contributed by atoms with van der Waals surface area (Å²) in [7, 11) is 0. The number of ether oxygens (including phenoxy) is 1. The van der Waals surface area contributed by atoms with Crippen LogP contribution >= 0.6 is 27.5 Å². The van der Waals surface area contributed by atoms with E-state index in [0.717, 1.165) is 4.47 Å². The van der Waals surface area contributed by atoms with E-state index in [0.29, 0.717) is 5.75 Å². The fourth-order valence-electron chi connectivity index (χ4n) is 1.63. The maximum absolute atomic E-state index is 11.8. The van der Waals surface area contributed by atoms with Gasteiger partial charge in [0, 0.05) is 15.6 Å². The summed E-state index contributed by atoms with van der Waals surface area (Å²) in [5.74, 6) is 0.0114. The molecule has 22 heavy (non-hydrogen) atoms. The molecule has 0 atom stereocenters. The zero-order valence-corrected chi connectivity index (χ0v) is 13.4. The molecule has 0 heterocycles. The summed E-state index contributed by atoms with van der Waals surface area (Å²) in [6.07, 6.45) is 0. The Balaban J connectivity index is 2.00. The summed E-state index contributed by atoms with van der Waals surface area (Å²) >= 11 is 8.99. The molecule has 0 aliphatic heterocycles. The Morgan fingerprint density at radius 3 is 2.59 bits per heavy atom. The fourth-order valence-corrected chi connectivity index (χ4v) is 2.06. The maximum atomic E-state index is 11.8. The molecule has 2 aromatic rings. The summed E-state index contributed by atoms with van der Waals surface area (Å²) in [5, 5.41) is 13.6. The Morgan fingerprint density at radius 1 is 1.27 bits per heavy atom. The summed E-state index contributed by atoms with van der Waals surface area (Å²) in [6.45, 7) is -0.262. The molecule has 114 valence electrons. The number of nitro benzene ring substituents is 1. The van der Waals surface area contributed by atoms with Crippen molar-refractivity contribution >= 4 is 44.8 Å². The number of nitro groups is 1. The minimum Gasteiger partial charge on any atom is -0.484 e. The number of anilines is 1. The average Bonchev–Trinajstić information content (AvgIpc) is 2.48. The van der Waals surface area contributed by atoms with E-state index in [1.807, 2.05) is 0 Å². The Morgan fingerprint density at radius 2 is 1.95 bits per heavy atom. The number of hydrogen-bond acceptors (Lipinski definition) is 4. The van der Waals surface area contributed by atoms with Gasteiger partial charge in [-0.2, -0.15) is 0 Å². The Hall–Kier alpha value is -2.12. The first kappa shape index (κ1) is 16.3. The molecule has 0 radical (unpaired) electrons. The van der Waals surface area contributed by atoms with Crippen LogP contribution in [0.25, 0.3) is 0 Å². The molecule has 1 N–H and O–H groups in total. The van der Waals surface area contributed by atoms with Gasteiger partial charge in [-0.05, 0) is 36.4 Å². The van der Waals surface area contributed by atoms with Gasteiger partial charge in [-0.25, -0.2) is 0 Å². The summed E-state index contributed by atoms with van der Waals surface area (Å²) < 4.78 is 6.18. The van der Waals surface area contributed by atoms with E-state index in [4.69, 9.17) is 16.3 Å². The SMILES string of the molecule is O=C(COc1ccc(Br)cc1)Nc1ccc(Cl)cc1[N+](=O)[O-]. The highest BCUT2D eigenvalue weighted by Gasteiger charge is 2.16. The Labute approximate surface area is 139 Å². The van der Waals surface area contributed by atoms with Crippen molar-refractivity contribution in [1.82, 2.24) is 0 Å². The first-order chi connectivity index (χ1) is 10.5. The van der Waals surface area contributed by atoms with Gasteiger partial charge in [-0.1, -0.05) is 27.5 Å². The number of nitrogens with zero attached hydrogens (tertiary/aromatic N) is 1. The second-order valence-corrected chi connectivity index (χ2v) is 5.56. The van der Waals surface area contributed by atoms with E-state index in [9.17, 15) is 14.9 Å². The zero-order valence-electron chi connectivity index (χ0n) is 11.1. The molecular weight excluding hydrogens is 376 g/mol. The highest BCUT2D eigenvalue weighted by atomic mass is 79.9. The smallest absolute Gasteiger partial charge is 0.294 e. The van der Waals surface area contributed by atoms with E-state index in [2.05, 4.69) is 21.2 Å². The van der Waals surface area contributed by atoms with Crippen molar-refractivity contribution < 1.29 is 14.5 Å². The van der Waals surface area contributed by atoms with Gasteiger partial charge in [0.05, 0.1) is 4.92 Å². The van der Waals surface area contributed by atoms with Crippen LogP contribution < -0.4 is 10.1 Å². The van der Waals surface area contributed by atoms with Gasteiger partial charge in [-0.15, -0.1) is 0 Å². The van der Waals surface area contributed by atoms with Gasteiger partial charge in [0.2, 0.25) is 0 Å². The number of benzene rings is 2. The third kappa shape index (κ3) is 4.44. The minimum atomic E-state index is -0.614. The van der Waals surface area contributed by atoms with E-state index >= 15 is 0 Å². The summed E-state index contributed by atoms with van der Waals surface area (Å²) in [6, 6.07) is 10.9. The van der Waals surface area contributed by atoms with Crippen molar-refractivity contribution in [3.63, 3.8) is 0 Å². The van der Waals surface area contributed by atoms with E-state index in [1.165, 1.54) is 18.2 Å². The number of nitrogens with one attached hydrogen (secondary N) is 1. The summed E-state index contributed by atoms with van der Waals surface area (Å²) in [4.78, 5) is 22.1. The van der Waals surface area contributed by atoms with Crippen molar-refractivity contribution in [3.8, 4) is 5.75 Å². The molecule has 0 spiro atoms. The van der Waals surface area contributed by atoms with Crippen LogP contribution in [0.4, 0.5) is 11.4 Å². The molecule has 0 aliphatic rings.